The van der Waals surface area contributed by atoms with Crippen molar-refractivity contribution in [1.82, 2.24) is 4.98 Å². The fourth-order valence-electron chi connectivity index (χ4n) is 5.00. The third-order valence-electron chi connectivity index (χ3n) is 6.98. The molecule has 3 aromatic rings. The van der Waals surface area contributed by atoms with E-state index in [1.165, 1.54) is 4.90 Å². The number of aliphatic hydroxyl groups is 1. The number of anilines is 1. The number of amides is 1. The Morgan fingerprint density at radius 1 is 1.21 bits per heavy atom. The molecule has 0 spiro atoms. The van der Waals surface area contributed by atoms with Gasteiger partial charge >= 0.3 is 11.9 Å². The molecule has 2 aliphatic rings. The van der Waals surface area contributed by atoms with Gasteiger partial charge in [0.2, 0.25) is 0 Å². The van der Waals surface area contributed by atoms with E-state index < -0.39 is 23.7 Å². The average molecular weight is 547 g/mol. The van der Waals surface area contributed by atoms with E-state index in [0.29, 0.717) is 23.2 Å². The van der Waals surface area contributed by atoms with Crippen molar-refractivity contribution in [1.29, 1.82) is 0 Å². The van der Waals surface area contributed by atoms with Crippen LogP contribution in [0.25, 0.3) is 5.76 Å². The maximum atomic E-state index is 13.5. The molecule has 3 heterocycles. The number of rotatable bonds is 6. The highest BCUT2D eigenvalue weighted by Gasteiger charge is 2.48. The third-order valence-corrected chi connectivity index (χ3v) is 8.12. The number of esters is 1. The molecule has 39 heavy (non-hydrogen) atoms. The number of aromatic nitrogens is 1. The van der Waals surface area contributed by atoms with Gasteiger partial charge in [-0.1, -0.05) is 49.4 Å². The zero-order chi connectivity index (χ0) is 28.0. The van der Waals surface area contributed by atoms with Gasteiger partial charge in [-0.25, -0.2) is 9.78 Å². The predicted octanol–water partition coefficient (Wildman–Crippen LogP) is 5.70. The molecule has 0 unspecified atom stereocenters. The number of carbonyl (C=O) groups is 3. The monoisotopic (exact) mass is 546 g/mol. The lowest BCUT2D eigenvalue weighted by atomic mass is 9.93. The molecule has 2 aromatic carbocycles. The van der Waals surface area contributed by atoms with Crippen LogP contribution < -0.4 is 9.64 Å². The van der Waals surface area contributed by atoms with Crippen molar-refractivity contribution in [2.45, 2.75) is 59.1 Å². The summed E-state index contributed by atoms with van der Waals surface area (Å²) in [6.45, 7) is 9.68. The summed E-state index contributed by atoms with van der Waals surface area (Å²) in [5, 5.41) is 11.7. The van der Waals surface area contributed by atoms with Crippen LogP contribution in [0.15, 0.2) is 48.0 Å². The maximum Gasteiger partial charge on any atom is 0.350 e. The van der Waals surface area contributed by atoms with Crippen molar-refractivity contribution >= 4 is 39.9 Å². The minimum Gasteiger partial charge on any atom is -0.507 e. The van der Waals surface area contributed by atoms with E-state index in [1.54, 1.807) is 32.0 Å². The van der Waals surface area contributed by atoms with Gasteiger partial charge in [0.05, 0.1) is 23.9 Å². The fraction of sp³-hybridized carbons (Fsp3) is 0.333. The summed E-state index contributed by atoms with van der Waals surface area (Å²) in [4.78, 5) is 45.5. The Balaban J connectivity index is 1.66. The van der Waals surface area contributed by atoms with Crippen LogP contribution >= 0.6 is 11.3 Å². The molecule has 1 fully saturated rings. The van der Waals surface area contributed by atoms with Gasteiger partial charge in [0.25, 0.3) is 5.78 Å². The Morgan fingerprint density at radius 2 is 1.92 bits per heavy atom. The second kappa shape index (κ2) is 10.3. The summed E-state index contributed by atoms with van der Waals surface area (Å²) < 4.78 is 10.9. The number of fused-ring (bicyclic) bond motifs is 1. The molecule has 0 radical (unpaired) electrons. The minimum absolute atomic E-state index is 0.0178. The third kappa shape index (κ3) is 4.71. The second-order valence-corrected chi connectivity index (χ2v) is 11.1. The molecule has 0 aliphatic carbocycles. The standard InChI is InChI=1S/C30H30N2O6S/c1-6-37-29(36)27-17(5)31-30(39-27)32-24(19-9-7-18(8-10-19)15(2)3)23(26(34)28(32)35)25(33)20-11-12-22-21(14-20)13-16(4)38-22/h7-12,14-16,24,33H,6,13H2,1-5H3/b25-23+/t16-,24-/m1/s1. The van der Waals surface area contributed by atoms with Crippen molar-refractivity contribution in [3.8, 4) is 5.75 Å². The quantitative estimate of drug-likeness (QED) is 0.183. The van der Waals surface area contributed by atoms with Crippen molar-refractivity contribution in [2.24, 2.45) is 0 Å². The number of hydrogen-bond donors (Lipinski definition) is 1. The highest BCUT2D eigenvalue weighted by Crippen LogP contribution is 2.44. The predicted molar refractivity (Wildman–Crippen MR) is 148 cm³/mol. The lowest BCUT2D eigenvalue weighted by molar-refractivity contribution is -0.132. The largest absolute Gasteiger partial charge is 0.507 e. The molecule has 0 bridgehead atoms. The van der Waals surface area contributed by atoms with E-state index >= 15 is 0 Å². The lowest BCUT2D eigenvalue weighted by Gasteiger charge is -2.23. The van der Waals surface area contributed by atoms with Gasteiger partial charge in [-0.3, -0.25) is 14.5 Å². The van der Waals surface area contributed by atoms with E-state index in [0.717, 1.165) is 28.2 Å². The van der Waals surface area contributed by atoms with E-state index in [2.05, 4.69) is 18.8 Å². The molecule has 1 saturated heterocycles. The minimum atomic E-state index is -0.935. The number of benzene rings is 2. The van der Waals surface area contributed by atoms with Crippen LogP contribution in [-0.2, 0) is 20.7 Å². The summed E-state index contributed by atoms with van der Waals surface area (Å²) in [7, 11) is 0. The maximum absolute atomic E-state index is 13.5. The van der Waals surface area contributed by atoms with Gasteiger partial charge in [-0.15, -0.1) is 0 Å². The van der Waals surface area contributed by atoms with Crippen LogP contribution in [0.4, 0.5) is 5.13 Å². The number of ether oxygens (including phenoxy) is 2. The molecule has 1 amide bonds. The molecule has 1 aromatic heterocycles. The van der Waals surface area contributed by atoms with Crippen molar-refractivity contribution in [2.75, 3.05) is 11.5 Å². The number of Topliss-reactive ketones (excluding diaryl/α,β-unsaturated/α-hetero) is 1. The van der Waals surface area contributed by atoms with Crippen LogP contribution in [0.1, 0.15) is 77.3 Å². The molecule has 0 saturated carbocycles. The first kappa shape index (κ1) is 26.6. The Bertz CT molecular complexity index is 1500. The first-order valence-electron chi connectivity index (χ1n) is 13.0. The molecule has 202 valence electrons. The van der Waals surface area contributed by atoms with E-state index in [-0.39, 0.29) is 40.0 Å². The molecule has 8 nitrogen and oxygen atoms in total. The number of aliphatic hydroxyl groups excluding tert-OH is 1. The Morgan fingerprint density at radius 3 is 2.59 bits per heavy atom. The highest BCUT2D eigenvalue weighted by molar-refractivity contribution is 7.17. The van der Waals surface area contributed by atoms with Crippen LogP contribution in [0.2, 0.25) is 0 Å². The van der Waals surface area contributed by atoms with Crippen LogP contribution in [0.3, 0.4) is 0 Å². The van der Waals surface area contributed by atoms with Gasteiger partial charge in [0.1, 0.15) is 22.5 Å². The van der Waals surface area contributed by atoms with Crippen molar-refractivity contribution in [3.63, 3.8) is 0 Å². The number of thiazole rings is 1. The first-order valence-corrected chi connectivity index (χ1v) is 13.8. The van der Waals surface area contributed by atoms with Crippen LogP contribution in [-0.4, -0.2) is 40.5 Å². The zero-order valence-electron chi connectivity index (χ0n) is 22.5. The van der Waals surface area contributed by atoms with Gasteiger partial charge in [-0.2, -0.15) is 0 Å². The molecule has 2 aliphatic heterocycles. The van der Waals surface area contributed by atoms with Gasteiger partial charge < -0.3 is 14.6 Å². The molecule has 5 rings (SSSR count). The van der Waals surface area contributed by atoms with Gasteiger partial charge in [0.15, 0.2) is 5.13 Å². The summed E-state index contributed by atoms with van der Waals surface area (Å²) in [6.07, 6.45) is 0.698. The number of hydrogen-bond acceptors (Lipinski definition) is 8. The second-order valence-electron chi connectivity index (χ2n) is 10.1. The normalized spacial score (nSPS) is 19.9. The fourth-order valence-corrected chi connectivity index (χ4v) is 5.99. The smallest absolute Gasteiger partial charge is 0.350 e. The molecule has 9 heteroatoms. The van der Waals surface area contributed by atoms with Gasteiger partial charge in [0, 0.05) is 12.0 Å². The molecule has 1 N–H and O–H groups in total. The number of ketones is 1. The average Bonchev–Trinajstić information content (AvgIpc) is 3.55. The SMILES string of the molecule is CCOC(=O)c1sc(N2C(=O)C(=O)/C(=C(/O)c3ccc4c(c3)C[C@@H](C)O4)[C@H]2c2ccc(C(C)C)cc2)nc1C. The topological polar surface area (TPSA) is 106 Å². The molecular weight excluding hydrogens is 516 g/mol. The lowest BCUT2D eigenvalue weighted by Crippen LogP contribution is -2.29. The number of carbonyl (C=O) groups excluding carboxylic acids is 3. The number of aryl methyl sites for hydroxylation is 1. The molecule has 2 atom stereocenters. The summed E-state index contributed by atoms with van der Waals surface area (Å²) in [5.41, 5.74) is 3.46. The van der Waals surface area contributed by atoms with Gasteiger partial charge in [-0.05, 0) is 61.6 Å². The van der Waals surface area contributed by atoms with Crippen molar-refractivity contribution in [3.05, 3.63) is 80.9 Å². The van der Waals surface area contributed by atoms with E-state index in [1.807, 2.05) is 31.2 Å². The zero-order valence-corrected chi connectivity index (χ0v) is 23.3. The summed E-state index contributed by atoms with van der Waals surface area (Å²) in [5.74, 6) is -1.42. The summed E-state index contributed by atoms with van der Waals surface area (Å²) >= 11 is 0.990. The first-order chi connectivity index (χ1) is 18.6. The Kier molecular flexibility index (Phi) is 7.03. The number of nitrogens with zero attached hydrogens (tertiary/aromatic N) is 2. The van der Waals surface area contributed by atoms with Crippen LogP contribution in [0, 0.1) is 6.92 Å². The van der Waals surface area contributed by atoms with E-state index in [9.17, 15) is 19.5 Å². The van der Waals surface area contributed by atoms with Crippen LogP contribution in [0.5, 0.6) is 5.75 Å². The Labute approximate surface area is 230 Å². The van der Waals surface area contributed by atoms with Crippen molar-refractivity contribution < 1.29 is 29.0 Å². The molecular formula is C30H30N2O6S. The summed E-state index contributed by atoms with van der Waals surface area (Å²) in [6, 6.07) is 11.9. The van der Waals surface area contributed by atoms with E-state index in [4.69, 9.17) is 9.47 Å². The Hall–Kier alpha value is -3.98. The highest BCUT2D eigenvalue weighted by atomic mass is 32.1.